The van der Waals surface area contributed by atoms with E-state index in [4.69, 9.17) is 10.5 Å². The van der Waals surface area contributed by atoms with Crippen LogP contribution in [0.15, 0.2) is 18.2 Å². The SMILES string of the molecule is CC(N)CCS(=O)(=O)CC1Cc2cc(F)ccc2O1. The second kappa shape index (κ2) is 5.46. The van der Waals surface area contributed by atoms with Crippen molar-refractivity contribution in [3.05, 3.63) is 29.6 Å². The minimum atomic E-state index is -3.19. The summed E-state index contributed by atoms with van der Waals surface area (Å²) < 4.78 is 42.4. The standard InChI is InChI=1S/C13H18FNO3S/c1-9(15)4-5-19(16,17)8-12-7-10-6-11(14)2-3-13(10)18-12/h2-3,6,9,12H,4-5,7-8,15H2,1H3. The van der Waals surface area contributed by atoms with Gasteiger partial charge in [0.05, 0.1) is 11.5 Å². The van der Waals surface area contributed by atoms with Gasteiger partial charge in [0.1, 0.15) is 17.7 Å². The molecule has 19 heavy (non-hydrogen) atoms. The van der Waals surface area contributed by atoms with Crippen LogP contribution < -0.4 is 10.5 Å². The Balaban J connectivity index is 1.96. The molecule has 1 aliphatic heterocycles. The van der Waals surface area contributed by atoms with Gasteiger partial charge in [0.15, 0.2) is 9.84 Å². The smallest absolute Gasteiger partial charge is 0.154 e. The Labute approximate surface area is 112 Å². The van der Waals surface area contributed by atoms with Gasteiger partial charge in [-0.1, -0.05) is 0 Å². The molecule has 0 aromatic heterocycles. The van der Waals surface area contributed by atoms with Gasteiger partial charge in [-0.25, -0.2) is 12.8 Å². The molecule has 6 heteroatoms. The summed E-state index contributed by atoms with van der Waals surface area (Å²) in [5.74, 6) is 0.266. The Hall–Kier alpha value is -1.14. The lowest BCUT2D eigenvalue weighted by Gasteiger charge is -2.12. The normalized spacial score (nSPS) is 19.8. The van der Waals surface area contributed by atoms with Crippen LogP contribution in [0.2, 0.25) is 0 Å². The topological polar surface area (TPSA) is 69.4 Å². The molecule has 0 radical (unpaired) electrons. The lowest BCUT2D eigenvalue weighted by Crippen LogP contribution is -2.29. The van der Waals surface area contributed by atoms with Crippen molar-refractivity contribution in [2.75, 3.05) is 11.5 Å². The first-order chi connectivity index (χ1) is 8.85. The van der Waals surface area contributed by atoms with Gasteiger partial charge in [0, 0.05) is 18.0 Å². The molecule has 0 saturated carbocycles. The molecule has 106 valence electrons. The Bertz CT molecular complexity index is 557. The highest BCUT2D eigenvalue weighted by atomic mass is 32.2. The molecule has 0 fully saturated rings. The lowest BCUT2D eigenvalue weighted by molar-refractivity contribution is 0.256. The summed E-state index contributed by atoms with van der Waals surface area (Å²) in [5, 5.41) is 0. The van der Waals surface area contributed by atoms with E-state index in [0.717, 1.165) is 5.56 Å². The van der Waals surface area contributed by atoms with Crippen LogP contribution in [0.1, 0.15) is 18.9 Å². The summed E-state index contributed by atoms with van der Waals surface area (Å²) in [6, 6.07) is 4.11. The largest absolute Gasteiger partial charge is 0.489 e. The van der Waals surface area contributed by atoms with E-state index < -0.39 is 15.9 Å². The van der Waals surface area contributed by atoms with Crippen molar-refractivity contribution in [1.29, 1.82) is 0 Å². The average Bonchev–Trinajstić information content (AvgIpc) is 2.67. The molecule has 1 aromatic carbocycles. The first kappa shape index (κ1) is 14.3. The molecule has 0 spiro atoms. The Kier molecular flexibility index (Phi) is 4.10. The molecule has 2 atom stereocenters. The van der Waals surface area contributed by atoms with Crippen LogP contribution in [0.25, 0.3) is 0 Å². The summed E-state index contributed by atoms with van der Waals surface area (Å²) in [7, 11) is -3.19. The minimum Gasteiger partial charge on any atom is -0.489 e. The molecule has 0 saturated heterocycles. The fourth-order valence-corrected chi connectivity index (χ4v) is 3.76. The van der Waals surface area contributed by atoms with E-state index in [2.05, 4.69) is 0 Å². The summed E-state index contributed by atoms with van der Waals surface area (Å²) in [5.41, 5.74) is 6.29. The number of hydrogen-bond donors (Lipinski definition) is 1. The number of fused-ring (bicyclic) bond motifs is 1. The van der Waals surface area contributed by atoms with Gasteiger partial charge in [-0.15, -0.1) is 0 Å². The van der Waals surface area contributed by atoms with Crippen molar-refractivity contribution in [3.8, 4) is 5.75 Å². The highest BCUT2D eigenvalue weighted by Crippen LogP contribution is 2.29. The van der Waals surface area contributed by atoms with Gasteiger partial charge < -0.3 is 10.5 Å². The second-order valence-electron chi connectivity index (χ2n) is 5.08. The van der Waals surface area contributed by atoms with Crippen molar-refractivity contribution in [2.45, 2.75) is 31.9 Å². The van der Waals surface area contributed by atoms with Crippen LogP contribution in [-0.4, -0.2) is 32.1 Å². The van der Waals surface area contributed by atoms with Gasteiger partial charge in [-0.05, 0) is 31.5 Å². The van der Waals surface area contributed by atoms with E-state index >= 15 is 0 Å². The third-order valence-electron chi connectivity index (χ3n) is 3.09. The van der Waals surface area contributed by atoms with Gasteiger partial charge in [0.25, 0.3) is 0 Å². The molecule has 2 rings (SSSR count). The summed E-state index contributed by atoms with van der Waals surface area (Å²) >= 11 is 0. The van der Waals surface area contributed by atoms with E-state index in [0.29, 0.717) is 18.6 Å². The Morgan fingerprint density at radius 1 is 1.53 bits per heavy atom. The van der Waals surface area contributed by atoms with Crippen LogP contribution in [0.4, 0.5) is 4.39 Å². The third kappa shape index (κ3) is 3.91. The average molecular weight is 287 g/mol. The van der Waals surface area contributed by atoms with E-state index in [1.165, 1.54) is 12.1 Å². The molecule has 0 amide bonds. The predicted molar refractivity (Wildman–Crippen MR) is 71.4 cm³/mol. The molecule has 1 aromatic rings. The van der Waals surface area contributed by atoms with Crippen molar-refractivity contribution < 1.29 is 17.5 Å². The van der Waals surface area contributed by atoms with E-state index in [-0.39, 0.29) is 23.4 Å². The zero-order chi connectivity index (χ0) is 14.0. The zero-order valence-corrected chi connectivity index (χ0v) is 11.6. The van der Waals surface area contributed by atoms with Crippen LogP contribution in [-0.2, 0) is 16.3 Å². The molecule has 2 N–H and O–H groups in total. The highest BCUT2D eigenvalue weighted by molar-refractivity contribution is 7.91. The van der Waals surface area contributed by atoms with Crippen LogP contribution in [0, 0.1) is 5.82 Å². The maximum Gasteiger partial charge on any atom is 0.154 e. The molecule has 1 heterocycles. The second-order valence-corrected chi connectivity index (χ2v) is 7.31. The predicted octanol–water partition coefficient (Wildman–Crippen LogP) is 1.28. The van der Waals surface area contributed by atoms with Crippen molar-refractivity contribution in [2.24, 2.45) is 5.73 Å². The zero-order valence-electron chi connectivity index (χ0n) is 10.8. The van der Waals surface area contributed by atoms with Crippen LogP contribution in [0.5, 0.6) is 5.75 Å². The monoisotopic (exact) mass is 287 g/mol. The molecule has 2 unspecified atom stereocenters. The molecular weight excluding hydrogens is 269 g/mol. The highest BCUT2D eigenvalue weighted by Gasteiger charge is 2.28. The molecular formula is C13H18FNO3S. The van der Waals surface area contributed by atoms with Crippen LogP contribution >= 0.6 is 0 Å². The maximum absolute atomic E-state index is 13.0. The molecule has 1 aliphatic rings. The number of sulfone groups is 1. The summed E-state index contributed by atoms with van der Waals surface area (Å²) in [6.07, 6.45) is 0.455. The Morgan fingerprint density at radius 2 is 2.26 bits per heavy atom. The van der Waals surface area contributed by atoms with Crippen molar-refractivity contribution in [1.82, 2.24) is 0 Å². The number of benzene rings is 1. The van der Waals surface area contributed by atoms with Gasteiger partial charge in [-0.3, -0.25) is 0 Å². The number of halogens is 1. The van der Waals surface area contributed by atoms with E-state index in [1.807, 2.05) is 0 Å². The number of nitrogens with two attached hydrogens (primary N) is 1. The Morgan fingerprint density at radius 3 is 2.95 bits per heavy atom. The number of hydrogen-bond acceptors (Lipinski definition) is 4. The quantitative estimate of drug-likeness (QED) is 0.885. The van der Waals surface area contributed by atoms with Crippen molar-refractivity contribution in [3.63, 3.8) is 0 Å². The number of ether oxygens (including phenoxy) is 1. The fraction of sp³-hybridized carbons (Fsp3) is 0.538. The molecule has 0 aliphatic carbocycles. The third-order valence-corrected chi connectivity index (χ3v) is 4.83. The maximum atomic E-state index is 13.0. The lowest BCUT2D eigenvalue weighted by atomic mass is 10.1. The van der Waals surface area contributed by atoms with E-state index in [9.17, 15) is 12.8 Å². The van der Waals surface area contributed by atoms with Gasteiger partial charge >= 0.3 is 0 Å². The van der Waals surface area contributed by atoms with E-state index in [1.54, 1.807) is 13.0 Å². The molecule has 0 bridgehead atoms. The van der Waals surface area contributed by atoms with Crippen LogP contribution in [0.3, 0.4) is 0 Å². The minimum absolute atomic E-state index is 0.0456. The molecule has 4 nitrogen and oxygen atoms in total. The fourth-order valence-electron chi connectivity index (χ4n) is 2.11. The first-order valence-electron chi connectivity index (χ1n) is 6.27. The first-order valence-corrected chi connectivity index (χ1v) is 8.09. The summed E-state index contributed by atoms with van der Waals surface area (Å²) in [4.78, 5) is 0. The summed E-state index contributed by atoms with van der Waals surface area (Å²) in [6.45, 7) is 1.78. The van der Waals surface area contributed by atoms with Gasteiger partial charge in [-0.2, -0.15) is 0 Å². The number of rotatable bonds is 5. The van der Waals surface area contributed by atoms with Gasteiger partial charge in [0.2, 0.25) is 0 Å². The van der Waals surface area contributed by atoms with Crippen molar-refractivity contribution >= 4 is 9.84 Å².